The molecule has 112 valence electrons. The highest BCUT2D eigenvalue weighted by Crippen LogP contribution is 2.34. The van der Waals surface area contributed by atoms with E-state index in [4.69, 9.17) is 0 Å². The molecule has 1 aliphatic rings. The van der Waals surface area contributed by atoms with Crippen LogP contribution in [-0.2, 0) is 9.59 Å². The number of anilines is 2. The topological polar surface area (TPSA) is 49.4 Å². The van der Waals surface area contributed by atoms with E-state index in [2.05, 4.69) is 5.32 Å². The Morgan fingerprint density at radius 3 is 2.73 bits per heavy atom. The molecule has 0 spiro atoms. The van der Waals surface area contributed by atoms with Gasteiger partial charge in [0.05, 0.1) is 5.92 Å². The lowest BCUT2D eigenvalue weighted by atomic mass is 9.89. The van der Waals surface area contributed by atoms with Crippen LogP contribution in [0.2, 0.25) is 0 Å². The van der Waals surface area contributed by atoms with E-state index < -0.39 is 5.92 Å². The molecule has 22 heavy (non-hydrogen) atoms. The van der Waals surface area contributed by atoms with Gasteiger partial charge in [0.15, 0.2) is 0 Å². The number of rotatable bonds is 2. The van der Waals surface area contributed by atoms with Crippen molar-refractivity contribution in [1.29, 1.82) is 0 Å². The molecule has 0 aliphatic carbocycles. The average molecular weight is 294 g/mol. The lowest BCUT2D eigenvalue weighted by molar-refractivity contribution is -0.124. The summed E-state index contributed by atoms with van der Waals surface area (Å²) >= 11 is 0. The molecule has 0 fully saturated rings. The standard InChI is InChI=1S/C18H18N2O2/c1-12-6-5-7-13(10-12)20(2)18(22)15-11-17(21)19-16-9-4-3-8-14(15)16/h3-10,15H,11H2,1-2H3,(H,19,21)/t15-/m1/s1. The largest absolute Gasteiger partial charge is 0.326 e. The summed E-state index contributed by atoms with van der Waals surface area (Å²) in [5.41, 5.74) is 3.55. The number of carbonyl (C=O) groups excluding carboxylic acids is 2. The molecule has 2 aromatic rings. The van der Waals surface area contributed by atoms with E-state index in [0.29, 0.717) is 0 Å². The zero-order chi connectivity index (χ0) is 15.7. The zero-order valence-electron chi connectivity index (χ0n) is 12.7. The number of carbonyl (C=O) groups is 2. The minimum Gasteiger partial charge on any atom is -0.326 e. The third kappa shape index (κ3) is 2.60. The predicted octanol–water partition coefficient (Wildman–Crippen LogP) is 3.08. The Bertz CT molecular complexity index is 739. The van der Waals surface area contributed by atoms with Gasteiger partial charge in [0.2, 0.25) is 11.8 Å². The molecule has 0 radical (unpaired) electrons. The summed E-state index contributed by atoms with van der Waals surface area (Å²) in [6, 6.07) is 15.3. The van der Waals surface area contributed by atoms with Gasteiger partial charge in [-0.15, -0.1) is 0 Å². The van der Waals surface area contributed by atoms with Gasteiger partial charge in [-0.2, -0.15) is 0 Å². The highest BCUT2D eigenvalue weighted by molar-refractivity contribution is 6.05. The molecule has 2 amide bonds. The second kappa shape index (κ2) is 5.64. The Labute approximate surface area is 129 Å². The number of aryl methyl sites for hydroxylation is 1. The van der Waals surface area contributed by atoms with Crippen LogP contribution < -0.4 is 10.2 Å². The van der Waals surface area contributed by atoms with E-state index in [1.165, 1.54) is 0 Å². The van der Waals surface area contributed by atoms with Crippen molar-refractivity contribution in [3.8, 4) is 0 Å². The third-order valence-corrected chi connectivity index (χ3v) is 4.02. The van der Waals surface area contributed by atoms with Crippen LogP contribution in [-0.4, -0.2) is 18.9 Å². The summed E-state index contributed by atoms with van der Waals surface area (Å²) in [5.74, 6) is -0.613. The maximum absolute atomic E-state index is 12.9. The van der Waals surface area contributed by atoms with E-state index in [1.54, 1.807) is 11.9 Å². The van der Waals surface area contributed by atoms with E-state index in [-0.39, 0.29) is 18.2 Å². The maximum atomic E-state index is 12.9. The van der Waals surface area contributed by atoms with Crippen LogP contribution in [0.5, 0.6) is 0 Å². The predicted molar refractivity (Wildman–Crippen MR) is 87.0 cm³/mol. The Balaban J connectivity index is 1.93. The van der Waals surface area contributed by atoms with Crippen molar-refractivity contribution in [3.05, 3.63) is 59.7 Å². The SMILES string of the molecule is Cc1cccc(N(C)C(=O)[C@@H]2CC(=O)Nc3ccccc32)c1. The molecule has 0 bridgehead atoms. The number of para-hydroxylation sites is 1. The van der Waals surface area contributed by atoms with Crippen LogP contribution in [0.15, 0.2) is 48.5 Å². The number of amides is 2. The number of likely N-dealkylation sites (N-methyl/N-ethyl adjacent to an activating group) is 1. The van der Waals surface area contributed by atoms with Crippen LogP contribution in [0.1, 0.15) is 23.5 Å². The molecule has 0 saturated carbocycles. The Kier molecular flexibility index (Phi) is 3.67. The summed E-state index contributed by atoms with van der Waals surface area (Å²) in [7, 11) is 1.76. The molecule has 1 N–H and O–H groups in total. The number of fused-ring (bicyclic) bond motifs is 1. The first-order valence-electron chi connectivity index (χ1n) is 7.29. The molecule has 0 saturated heterocycles. The Morgan fingerprint density at radius 1 is 1.18 bits per heavy atom. The van der Waals surface area contributed by atoms with Crippen molar-refractivity contribution < 1.29 is 9.59 Å². The zero-order valence-corrected chi connectivity index (χ0v) is 12.7. The lowest BCUT2D eigenvalue weighted by Gasteiger charge is -2.28. The summed E-state index contributed by atoms with van der Waals surface area (Å²) in [6.45, 7) is 1.99. The highest BCUT2D eigenvalue weighted by Gasteiger charge is 2.32. The first-order chi connectivity index (χ1) is 10.6. The lowest BCUT2D eigenvalue weighted by Crippen LogP contribution is -2.36. The summed E-state index contributed by atoms with van der Waals surface area (Å²) < 4.78 is 0. The first kappa shape index (κ1) is 14.3. The quantitative estimate of drug-likeness (QED) is 0.925. The van der Waals surface area contributed by atoms with Gasteiger partial charge in [-0.3, -0.25) is 9.59 Å². The summed E-state index contributed by atoms with van der Waals surface area (Å²) in [4.78, 5) is 26.4. The van der Waals surface area contributed by atoms with Crippen LogP contribution in [0.3, 0.4) is 0 Å². The third-order valence-electron chi connectivity index (χ3n) is 4.02. The van der Waals surface area contributed by atoms with Gasteiger partial charge >= 0.3 is 0 Å². The second-order valence-electron chi connectivity index (χ2n) is 5.63. The van der Waals surface area contributed by atoms with Gasteiger partial charge in [-0.1, -0.05) is 30.3 Å². The normalized spacial score (nSPS) is 16.6. The van der Waals surface area contributed by atoms with Crippen molar-refractivity contribution in [3.63, 3.8) is 0 Å². The number of hydrogen-bond donors (Lipinski definition) is 1. The highest BCUT2D eigenvalue weighted by atomic mass is 16.2. The smallest absolute Gasteiger partial charge is 0.234 e. The van der Waals surface area contributed by atoms with Gasteiger partial charge < -0.3 is 10.2 Å². The second-order valence-corrected chi connectivity index (χ2v) is 5.63. The van der Waals surface area contributed by atoms with Crippen molar-refractivity contribution in [2.45, 2.75) is 19.3 Å². The molecule has 1 aliphatic heterocycles. The molecule has 1 atom stereocenters. The molecule has 4 heteroatoms. The molecule has 1 heterocycles. The van der Waals surface area contributed by atoms with Crippen molar-refractivity contribution >= 4 is 23.2 Å². The number of hydrogen-bond acceptors (Lipinski definition) is 2. The maximum Gasteiger partial charge on any atom is 0.234 e. The van der Waals surface area contributed by atoms with E-state index >= 15 is 0 Å². The summed E-state index contributed by atoms with van der Waals surface area (Å²) in [5, 5.41) is 2.82. The molecule has 4 nitrogen and oxygen atoms in total. The first-order valence-corrected chi connectivity index (χ1v) is 7.29. The molecular formula is C18H18N2O2. The molecule has 0 aromatic heterocycles. The average Bonchev–Trinajstić information content (AvgIpc) is 2.52. The number of nitrogens with one attached hydrogen (secondary N) is 1. The van der Waals surface area contributed by atoms with E-state index in [9.17, 15) is 9.59 Å². The van der Waals surface area contributed by atoms with Gasteiger partial charge in [0.1, 0.15) is 0 Å². The van der Waals surface area contributed by atoms with Crippen molar-refractivity contribution in [1.82, 2.24) is 0 Å². The minimum atomic E-state index is -0.435. The molecule has 0 unspecified atom stereocenters. The number of nitrogens with zero attached hydrogens (tertiary/aromatic N) is 1. The van der Waals surface area contributed by atoms with Crippen LogP contribution in [0.25, 0.3) is 0 Å². The number of benzene rings is 2. The van der Waals surface area contributed by atoms with E-state index in [1.807, 2.05) is 55.5 Å². The Hall–Kier alpha value is -2.62. The van der Waals surface area contributed by atoms with Gasteiger partial charge in [-0.05, 0) is 36.2 Å². The van der Waals surface area contributed by atoms with Gasteiger partial charge in [0, 0.05) is 24.8 Å². The van der Waals surface area contributed by atoms with Crippen molar-refractivity contribution in [2.24, 2.45) is 0 Å². The van der Waals surface area contributed by atoms with E-state index in [0.717, 1.165) is 22.5 Å². The fraction of sp³-hybridized carbons (Fsp3) is 0.222. The minimum absolute atomic E-state index is 0.0621. The fourth-order valence-electron chi connectivity index (χ4n) is 2.83. The molecular weight excluding hydrogens is 276 g/mol. The Morgan fingerprint density at radius 2 is 1.95 bits per heavy atom. The van der Waals surface area contributed by atoms with Crippen LogP contribution in [0, 0.1) is 6.92 Å². The van der Waals surface area contributed by atoms with Crippen molar-refractivity contribution in [2.75, 3.05) is 17.3 Å². The van der Waals surface area contributed by atoms with Crippen LogP contribution >= 0.6 is 0 Å². The molecule has 3 rings (SSSR count). The summed E-state index contributed by atoms with van der Waals surface area (Å²) in [6.07, 6.45) is 0.187. The van der Waals surface area contributed by atoms with Crippen LogP contribution in [0.4, 0.5) is 11.4 Å². The fourth-order valence-corrected chi connectivity index (χ4v) is 2.83. The molecule has 2 aromatic carbocycles. The van der Waals surface area contributed by atoms with Gasteiger partial charge in [-0.25, -0.2) is 0 Å². The monoisotopic (exact) mass is 294 g/mol. The van der Waals surface area contributed by atoms with Gasteiger partial charge in [0.25, 0.3) is 0 Å².